The third-order valence-corrected chi connectivity index (χ3v) is 6.20. The van der Waals surface area contributed by atoms with Crippen LogP contribution in [0.5, 0.6) is 0 Å². The lowest BCUT2D eigenvalue weighted by Gasteiger charge is -2.37. The van der Waals surface area contributed by atoms with E-state index in [1.165, 1.54) is 4.88 Å². The van der Waals surface area contributed by atoms with Crippen molar-refractivity contribution < 1.29 is 9.90 Å². The molecule has 3 heterocycles. The van der Waals surface area contributed by atoms with Gasteiger partial charge >= 0.3 is 5.97 Å². The first-order chi connectivity index (χ1) is 13.5. The second-order valence-corrected chi connectivity index (χ2v) is 8.40. The molecule has 8 heteroatoms. The Morgan fingerprint density at radius 2 is 2.07 bits per heavy atom. The number of hydrogen-bond acceptors (Lipinski definition) is 7. The number of aryl methyl sites for hydroxylation is 1. The Labute approximate surface area is 168 Å². The van der Waals surface area contributed by atoms with E-state index in [9.17, 15) is 9.90 Å². The number of hydrogen-bond donors (Lipinski definition) is 3. The zero-order valence-electron chi connectivity index (χ0n) is 16.1. The fourth-order valence-electron chi connectivity index (χ4n) is 3.68. The Morgan fingerprint density at radius 3 is 2.79 bits per heavy atom. The summed E-state index contributed by atoms with van der Waals surface area (Å²) in [6.45, 7) is 5.92. The summed E-state index contributed by atoms with van der Waals surface area (Å²) in [5.41, 5.74) is 3.12. The smallest absolute Gasteiger partial charge is 0.322 e. The van der Waals surface area contributed by atoms with Gasteiger partial charge in [-0.3, -0.25) is 9.69 Å². The first-order valence-corrected chi connectivity index (χ1v) is 10.3. The van der Waals surface area contributed by atoms with Crippen molar-refractivity contribution in [2.24, 2.45) is 4.99 Å². The number of carboxylic acids is 1. The summed E-state index contributed by atoms with van der Waals surface area (Å²) < 4.78 is 0. The number of aliphatic imine (C=N–C) groups is 1. The first-order valence-electron chi connectivity index (χ1n) is 9.48. The molecule has 0 aliphatic carbocycles. The number of nitrogens with zero attached hydrogens (tertiary/aromatic N) is 3. The fraction of sp³-hybridized carbons (Fsp3) is 0.400. The van der Waals surface area contributed by atoms with Gasteiger partial charge in [-0.1, -0.05) is 12.1 Å². The summed E-state index contributed by atoms with van der Waals surface area (Å²) in [5.74, 6) is 0.194. The molecule has 3 N–H and O–H groups in total. The Bertz CT molecular complexity index is 902. The molecule has 0 bridgehead atoms. The number of anilines is 2. The van der Waals surface area contributed by atoms with Crippen molar-refractivity contribution in [3.63, 3.8) is 0 Å². The predicted molar refractivity (Wildman–Crippen MR) is 113 cm³/mol. The second-order valence-electron chi connectivity index (χ2n) is 7.14. The van der Waals surface area contributed by atoms with Crippen molar-refractivity contribution in [2.75, 3.05) is 45.1 Å². The predicted octanol–water partition coefficient (Wildman–Crippen LogP) is 2.48. The van der Waals surface area contributed by atoms with E-state index in [1.807, 2.05) is 18.2 Å². The standard InChI is InChI=1S/C20H25N5O2S/c1-13-11-14-18(22-15-5-3-4-6-16(15)23-19(14)28-13)25-9-7-24(8-10-25)12-17(21-2)20(26)27/h3-6,11,17,21,23H,7-10,12H2,1-2H3,(H,26,27). The van der Waals surface area contributed by atoms with E-state index in [1.54, 1.807) is 18.4 Å². The van der Waals surface area contributed by atoms with Crippen LogP contribution >= 0.6 is 11.3 Å². The number of carboxylic acid groups (broad SMARTS) is 1. The average Bonchev–Trinajstić information content (AvgIpc) is 2.98. The van der Waals surface area contributed by atoms with Crippen LogP contribution in [-0.4, -0.2) is 72.5 Å². The molecule has 1 saturated heterocycles. The monoisotopic (exact) mass is 399 g/mol. The van der Waals surface area contributed by atoms with Crippen LogP contribution in [0.3, 0.4) is 0 Å². The molecule has 1 aromatic heterocycles. The van der Waals surface area contributed by atoms with Gasteiger partial charge in [0, 0.05) is 37.6 Å². The molecule has 1 unspecified atom stereocenters. The molecule has 0 radical (unpaired) electrons. The van der Waals surface area contributed by atoms with Crippen molar-refractivity contribution in [1.82, 2.24) is 15.1 Å². The summed E-state index contributed by atoms with van der Waals surface area (Å²) in [4.78, 5) is 22.1. The van der Waals surface area contributed by atoms with Crippen LogP contribution in [-0.2, 0) is 4.79 Å². The van der Waals surface area contributed by atoms with Crippen LogP contribution < -0.4 is 10.6 Å². The van der Waals surface area contributed by atoms with Gasteiger partial charge in [0.2, 0.25) is 0 Å². The van der Waals surface area contributed by atoms with E-state index in [4.69, 9.17) is 4.99 Å². The number of para-hydroxylation sites is 2. The Hall–Kier alpha value is -2.42. The van der Waals surface area contributed by atoms with Crippen molar-refractivity contribution in [1.29, 1.82) is 0 Å². The molecule has 7 nitrogen and oxygen atoms in total. The lowest BCUT2D eigenvalue weighted by Crippen LogP contribution is -2.53. The van der Waals surface area contributed by atoms with E-state index in [2.05, 4.69) is 39.5 Å². The van der Waals surface area contributed by atoms with Gasteiger partial charge in [-0.15, -0.1) is 11.3 Å². The SMILES string of the molecule is CNC(CN1CCN(C2=Nc3ccccc3Nc3sc(C)cc32)CC1)C(=O)O. The molecule has 2 aromatic rings. The number of benzene rings is 1. The van der Waals surface area contributed by atoms with Crippen LogP contribution in [0.2, 0.25) is 0 Å². The maximum atomic E-state index is 11.3. The zero-order valence-corrected chi connectivity index (χ0v) is 16.9. The van der Waals surface area contributed by atoms with Crippen LogP contribution in [0, 0.1) is 6.92 Å². The summed E-state index contributed by atoms with van der Waals surface area (Å²) in [7, 11) is 1.69. The minimum atomic E-state index is -0.806. The van der Waals surface area contributed by atoms with Crippen LogP contribution in [0.25, 0.3) is 0 Å². The third-order valence-electron chi connectivity index (χ3n) is 5.23. The second kappa shape index (κ2) is 7.90. The maximum Gasteiger partial charge on any atom is 0.322 e. The zero-order chi connectivity index (χ0) is 19.7. The van der Waals surface area contributed by atoms with Gasteiger partial charge in [0.15, 0.2) is 0 Å². The number of carbonyl (C=O) groups is 1. The van der Waals surface area contributed by atoms with Crippen molar-refractivity contribution >= 4 is 39.5 Å². The summed E-state index contributed by atoms with van der Waals surface area (Å²) in [6, 6.07) is 9.78. The van der Waals surface area contributed by atoms with E-state index >= 15 is 0 Å². The highest BCUT2D eigenvalue weighted by atomic mass is 32.1. The van der Waals surface area contributed by atoms with Gasteiger partial charge in [0.05, 0.1) is 16.9 Å². The van der Waals surface area contributed by atoms with Crippen molar-refractivity contribution in [2.45, 2.75) is 13.0 Å². The van der Waals surface area contributed by atoms with Gasteiger partial charge in [-0.25, -0.2) is 4.99 Å². The maximum absolute atomic E-state index is 11.3. The molecule has 28 heavy (non-hydrogen) atoms. The van der Waals surface area contributed by atoms with Gasteiger partial charge in [-0.05, 0) is 32.2 Å². The van der Waals surface area contributed by atoms with Crippen molar-refractivity contribution in [3.8, 4) is 0 Å². The minimum absolute atomic E-state index is 0.513. The highest BCUT2D eigenvalue weighted by molar-refractivity contribution is 7.16. The molecule has 0 amide bonds. The minimum Gasteiger partial charge on any atom is -0.480 e. The molecule has 1 atom stereocenters. The quantitative estimate of drug-likeness (QED) is 0.733. The molecule has 1 fully saturated rings. The van der Waals surface area contributed by atoms with E-state index in [0.29, 0.717) is 6.54 Å². The molecule has 1 aromatic carbocycles. The highest BCUT2D eigenvalue weighted by Gasteiger charge is 2.28. The van der Waals surface area contributed by atoms with Crippen LogP contribution in [0.1, 0.15) is 10.4 Å². The first kappa shape index (κ1) is 18.9. The third kappa shape index (κ3) is 3.76. The van der Waals surface area contributed by atoms with Gasteiger partial charge in [-0.2, -0.15) is 0 Å². The number of amidine groups is 1. The van der Waals surface area contributed by atoms with Crippen LogP contribution in [0.15, 0.2) is 35.3 Å². The van der Waals surface area contributed by atoms with E-state index in [-0.39, 0.29) is 0 Å². The molecule has 148 valence electrons. The van der Waals surface area contributed by atoms with Gasteiger partial charge in [0.1, 0.15) is 16.9 Å². The number of fused-ring (bicyclic) bond motifs is 2. The molecular weight excluding hydrogens is 374 g/mol. The molecule has 0 spiro atoms. The Kier molecular flexibility index (Phi) is 5.34. The largest absolute Gasteiger partial charge is 0.480 e. The lowest BCUT2D eigenvalue weighted by molar-refractivity contribution is -0.139. The van der Waals surface area contributed by atoms with Crippen LogP contribution in [0.4, 0.5) is 16.4 Å². The molecule has 4 rings (SSSR count). The van der Waals surface area contributed by atoms with Gasteiger partial charge in [0.25, 0.3) is 0 Å². The molecule has 0 saturated carbocycles. The van der Waals surface area contributed by atoms with E-state index < -0.39 is 12.0 Å². The normalized spacial score (nSPS) is 17.8. The lowest BCUT2D eigenvalue weighted by atomic mass is 10.2. The van der Waals surface area contributed by atoms with Crippen molar-refractivity contribution in [3.05, 3.63) is 40.8 Å². The number of thiophene rings is 1. The Morgan fingerprint density at radius 1 is 1.32 bits per heavy atom. The number of likely N-dealkylation sites (N-methyl/N-ethyl adjacent to an activating group) is 1. The number of aliphatic carboxylic acids is 1. The topological polar surface area (TPSA) is 80.2 Å². The molecule has 2 aliphatic rings. The molecular formula is C20H25N5O2S. The Balaban J connectivity index is 1.55. The van der Waals surface area contributed by atoms with Gasteiger partial charge < -0.3 is 20.6 Å². The number of rotatable bonds is 4. The molecule has 2 aliphatic heterocycles. The van der Waals surface area contributed by atoms with E-state index in [0.717, 1.165) is 54.0 Å². The summed E-state index contributed by atoms with van der Waals surface area (Å²) in [6.07, 6.45) is 0. The summed E-state index contributed by atoms with van der Waals surface area (Å²) in [5, 5.41) is 16.8. The highest BCUT2D eigenvalue weighted by Crippen LogP contribution is 2.39. The average molecular weight is 400 g/mol. The number of piperazine rings is 1. The fourth-order valence-corrected chi connectivity index (χ4v) is 4.60. The summed E-state index contributed by atoms with van der Waals surface area (Å²) >= 11 is 1.75. The number of nitrogens with one attached hydrogen (secondary N) is 2.